The second-order valence-electron chi connectivity index (χ2n) is 11.5. The van der Waals surface area contributed by atoms with Gasteiger partial charge in [0.1, 0.15) is 5.84 Å². The van der Waals surface area contributed by atoms with Crippen LogP contribution < -0.4 is 9.47 Å². The Labute approximate surface area is 241 Å². The Morgan fingerprint density at radius 1 is 1.00 bits per heavy atom. The van der Waals surface area contributed by atoms with Gasteiger partial charge in [0.15, 0.2) is 23.1 Å². The van der Waals surface area contributed by atoms with E-state index < -0.39 is 22.7 Å². The molecule has 1 aliphatic rings. The maximum absolute atomic E-state index is 15.8. The molecule has 0 radical (unpaired) electrons. The number of aliphatic hydroxyl groups excluding tert-OH is 2. The van der Waals surface area contributed by atoms with Gasteiger partial charge in [0.2, 0.25) is 0 Å². The molecule has 3 rings (SSSR count). The summed E-state index contributed by atoms with van der Waals surface area (Å²) < 4.78 is 27.0. The highest BCUT2D eigenvalue weighted by molar-refractivity contribution is 6.07. The molecule has 41 heavy (non-hydrogen) atoms. The first-order valence-electron chi connectivity index (χ1n) is 13.9. The van der Waals surface area contributed by atoms with Crippen molar-refractivity contribution in [2.45, 2.75) is 59.4 Å². The van der Waals surface area contributed by atoms with Crippen LogP contribution in [0.15, 0.2) is 24.3 Å². The number of carbonyl (C=O) groups is 2. The van der Waals surface area contributed by atoms with Crippen molar-refractivity contribution in [1.82, 2.24) is 9.80 Å². The van der Waals surface area contributed by atoms with Gasteiger partial charge >= 0.3 is 0 Å². The number of halogens is 1. The average molecular weight is 572 g/mol. The van der Waals surface area contributed by atoms with Gasteiger partial charge in [-0.3, -0.25) is 15.0 Å². The molecule has 0 atom stereocenters. The molecule has 0 aliphatic carbocycles. The van der Waals surface area contributed by atoms with E-state index in [1.807, 2.05) is 34.6 Å². The highest BCUT2D eigenvalue weighted by Gasteiger charge is 2.45. The number of amides is 1. The number of hydrogen-bond donors (Lipinski definition) is 3. The smallest absolute Gasteiger partial charge is 0.254 e. The predicted octanol–water partition coefficient (Wildman–Crippen LogP) is 4.11. The summed E-state index contributed by atoms with van der Waals surface area (Å²) in [5.74, 6) is -1.41. The number of Topliss-reactive ketones (excluding diaryl/α,β-unsaturated/α-hetero) is 1. The summed E-state index contributed by atoms with van der Waals surface area (Å²) in [4.78, 5) is 30.0. The third kappa shape index (κ3) is 6.38. The van der Waals surface area contributed by atoms with E-state index in [1.165, 1.54) is 11.0 Å². The zero-order valence-electron chi connectivity index (χ0n) is 25.1. The molecule has 0 unspecified atom stereocenters. The first-order valence-corrected chi connectivity index (χ1v) is 13.9. The molecular weight excluding hydrogens is 529 g/mol. The number of nitrogens with one attached hydrogen (secondary N) is 1. The van der Waals surface area contributed by atoms with Crippen molar-refractivity contribution in [2.75, 3.05) is 46.1 Å². The SMILES string of the molecule is CCOc1cc2c(c(F)c1OCC)C(=N)N(CC(=O)c1cc(C(=O)N(CCO)CCO)cc(C(C)(C)C)c1)C2(C)C. The Morgan fingerprint density at radius 3 is 2.12 bits per heavy atom. The normalized spacial score (nSPS) is 14.2. The minimum atomic E-state index is -0.918. The molecule has 0 saturated heterocycles. The number of aliphatic hydroxyl groups is 2. The maximum atomic E-state index is 15.8. The molecule has 0 spiro atoms. The number of benzene rings is 2. The highest BCUT2D eigenvalue weighted by atomic mass is 19.1. The van der Waals surface area contributed by atoms with Gasteiger partial charge in [0.25, 0.3) is 5.91 Å². The molecule has 0 bridgehead atoms. The van der Waals surface area contributed by atoms with Crippen molar-refractivity contribution < 1.29 is 33.7 Å². The summed E-state index contributed by atoms with van der Waals surface area (Å²) >= 11 is 0. The van der Waals surface area contributed by atoms with Crippen molar-refractivity contribution in [3.63, 3.8) is 0 Å². The number of carbonyl (C=O) groups excluding carboxylic acids is 2. The van der Waals surface area contributed by atoms with Crippen molar-refractivity contribution in [3.8, 4) is 11.5 Å². The van der Waals surface area contributed by atoms with Gasteiger partial charge in [-0.25, -0.2) is 4.39 Å². The van der Waals surface area contributed by atoms with E-state index >= 15 is 4.39 Å². The molecule has 9 nitrogen and oxygen atoms in total. The topological polar surface area (TPSA) is 123 Å². The van der Waals surface area contributed by atoms with E-state index in [9.17, 15) is 19.8 Å². The Balaban J connectivity index is 2.04. The Bertz CT molecular complexity index is 1310. The minimum absolute atomic E-state index is 0.0405. The third-order valence-corrected chi connectivity index (χ3v) is 7.31. The summed E-state index contributed by atoms with van der Waals surface area (Å²) in [6.45, 7) is 12.9. The Kier molecular flexibility index (Phi) is 9.81. The van der Waals surface area contributed by atoms with Gasteiger partial charge in [0, 0.05) is 24.2 Å². The summed E-state index contributed by atoms with van der Waals surface area (Å²) in [6, 6.07) is 6.64. The predicted molar refractivity (Wildman–Crippen MR) is 155 cm³/mol. The number of amidine groups is 1. The number of fused-ring (bicyclic) bond motifs is 1. The highest BCUT2D eigenvalue weighted by Crippen LogP contribution is 2.46. The van der Waals surface area contributed by atoms with Gasteiger partial charge in [0.05, 0.1) is 44.1 Å². The first kappa shape index (κ1) is 32.0. The summed E-state index contributed by atoms with van der Waals surface area (Å²) in [5, 5.41) is 27.7. The Morgan fingerprint density at radius 2 is 1.59 bits per heavy atom. The van der Waals surface area contributed by atoms with E-state index in [1.54, 1.807) is 36.9 Å². The zero-order valence-corrected chi connectivity index (χ0v) is 25.1. The molecular formula is C31H42FN3O6. The van der Waals surface area contributed by atoms with Crippen LogP contribution in [0, 0.1) is 11.2 Å². The van der Waals surface area contributed by atoms with Gasteiger partial charge in [-0.1, -0.05) is 20.8 Å². The van der Waals surface area contributed by atoms with Crippen molar-refractivity contribution >= 4 is 17.5 Å². The largest absolute Gasteiger partial charge is 0.490 e. The van der Waals surface area contributed by atoms with E-state index in [0.29, 0.717) is 12.2 Å². The monoisotopic (exact) mass is 571 g/mol. The van der Waals surface area contributed by atoms with E-state index in [2.05, 4.69) is 0 Å². The van der Waals surface area contributed by atoms with Crippen LogP contribution in [0.1, 0.15) is 85.9 Å². The minimum Gasteiger partial charge on any atom is -0.490 e. The Hall–Kier alpha value is -3.50. The lowest BCUT2D eigenvalue weighted by atomic mass is 9.84. The van der Waals surface area contributed by atoms with Gasteiger partial charge < -0.3 is 29.5 Å². The zero-order chi connectivity index (χ0) is 30.7. The number of nitrogens with zero attached hydrogens (tertiary/aromatic N) is 2. The lowest BCUT2D eigenvalue weighted by molar-refractivity contribution is 0.0684. The lowest BCUT2D eigenvalue weighted by Gasteiger charge is -2.33. The molecule has 10 heteroatoms. The molecule has 2 aromatic carbocycles. The number of ether oxygens (including phenoxy) is 2. The van der Waals surface area contributed by atoms with Gasteiger partial charge in [-0.15, -0.1) is 0 Å². The lowest BCUT2D eigenvalue weighted by Crippen LogP contribution is -2.42. The molecule has 224 valence electrons. The van der Waals surface area contributed by atoms with Crippen LogP contribution in [0.3, 0.4) is 0 Å². The molecule has 0 saturated carbocycles. The van der Waals surface area contributed by atoms with Crippen molar-refractivity contribution in [1.29, 1.82) is 5.41 Å². The van der Waals surface area contributed by atoms with E-state index in [0.717, 1.165) is 5.56 Å². The van der Waals surface area contributed by atoms with Crippen LogP contribution in [0.2, 0.25) is 0 Å². The summed E-state index contributed by atoms with van der Waals surface area (Å²) in [7, 11) is 0. The number of rotatable bonds is 12. The van der Waals surface area contributed by atoms with Crippen LogP contribution >= 0.6 is 0 Å². The third-order valence-electron chi connectivity index (χ3n) is 7.31. The molecule has 2 aromatic rings. The quantitative estimate of drug-likeness (QED) is 0.328. The molecule has 1 amide bonds. The van der Waals surface area contributed by atoms with Gasteiger partial charge in [-0.05, 0) is 68.5 Å². The fraction of sp³-hybridized carbons (Fsp3) is 0.516. The van der Waals surface area contributed by atoms with Gasteiger partial charge in [-0.2, -0.15) is 0 Å². The van der Waals surface area contributed by atoms with Crippen LogP contribution in [-0.4, -0.2) is 83.6 Å². The molecule has 3 N–H and O–H groups in total. The molecule has 1 heterocycles. The first-order chi connectivity index (χ1) is 19.2. The van der Waals surface area contributed by atoms with Crippen LogP contribution in [0.25, 0.3) is 0 Å². The second-order valence-corrected chi connectivity index (χ2v) is 11.5. The van der Waals surface area contributed by atoms with Crippen LogP contribution in [0.4, 0.5) is 4.39 Å². The molecule has 0 aromatic heterocycles. The fourth-order valence-corrected chi connectivity index (χ4v) is 5.02. The average Bonchev–Trinajstić information content (AvgIpc) is 3.09. The standard InChI is InChI=1S/C31H42FN3O6/c1-8-40-24-17-22-25(26(32)27(24)41-9-2)28(33)35(31(22,6)7)18-23(38)19-14-20(16-21(15-19)30(3,4)5)29(39)34(10-12-36)11-13-37/h14-17,33,36-37H,8-13,18H2,1-7H3. The molecule has 1 aliphatic heterocycles. The summed E-state index contributed by atoms with van der Waals surface area (Å²) in [5.41, 5.74) is 0.565. The van der Waals surface area contributed by atoms with Crippen LogP contribution in [-0.2, 0) is 11.0 Å². The van der Waals surface area contributed by atoms with E-state index in [4.69, 9.17) is 14.9 Å². The van der Waals surface area contributed by atoms with Crippen LogP contribution in [0.5, 0.6) is 11.5 Å². The maximum Gasteiger partial charge on any atom is 0.254 e. The molecule has 0 fully saturated rings. The number of ketones is 1. The number of hydrogen-bond acceptors (Lipinski definition) is 7. The second kappa shape index (κ2) is 12.6. The van der Waals surface area contributed by atoms with E-state index in [-0.39, 0.29) is 79.3 Å². The fourth-order valence-electron chi connectivity index (χ4n) is 5.02. The van der Waals surface area contributed by atoms with Crippen molar-refractivity contribution in [2.24, 2.45) is 0 Å². The summed E-state index contributed by atoms with van der Waals surface area (Å²) in [6.07, 6.45) is 0. The van der Waals surface area contributed by atoms with Crippen molar-refractivity contribution in [3.05, 3.63) is 57.9 Å².